The largest absolute Gasteiger partial charge is 0.349 e. The minimum Gasteiger partial charge on any atom is -0.349 e. The highest BCUT2D eigenvalue weighted by molar-refractivity contribution is 6.38. The van der Waals surface area contributed by atoms with Crippen molar-refractivity contribution in [2.75, 3.05) is 13.1 Å². The van der Waals surface area contributed by atoms with Crippen LogP contribution in [0.15, 0.2) is 0 Å². The molecule has 1 aliphatic heterocycles. The highest BCUT2D eigenvalue weighted by Crippen LogP contribution is 2.65. The van der Waals surface area contributed by atoms with E-state index in [0.717, 1.165) is 57.3 Å². The molecule has 4 saturated carbocycles. The Morgan fingerprint density at radius 1 is 0.878 bits per heavy atom. The number of carbonyl (C=O) groups is 5. The minimum atomic E-state index is -0.919. The Kier molecular flexibility index (Phi) is 11.7. The Labute approximate surface area is 294 Å². The highest BCUT2D eigenvalue weighted by Gasteiger charge is 2.70. The number of amides is 5. The quantitative estimate of drug-likeness (QED) is 0.166. The summed E-state index contributed by atoms with van der Waals surface area (Å²) >= 11 is 0. The number of fused-ring (bicyclic) bond motifs is 1. The Morgan fingerprint density at radius 3 is 2.16 bits per heavy atom. The summed E-state index contributed by atoms with van der Waals surface area (Å²) in [5.41, 5.74) is -0.983. The molecule has 1 heterocycles. The summed E-state index contributed by atoms with van der Waals surface area (Å²) in [5, 5.41) is 12.1. The van der Waals surface area contributed by atoms with Crippen molar-refractivity contribution >= 4 is 29.5 Å². The predicted octanol–water partition coefficient (Wildman–Crippen LogP) is 5.63. The lowest BCUT2D eigenvalue weighted by Gasteiger charge is -2.41. The zero-order valence-electron chi connectivity index (χ0n) is 31.3. The van der Waals surface area contributed by atoms with Gasteiger partial charge in [-0.1, -0.05) is 112 Å². The first-order chi connectivity index (χ1) is 23.2. The molecule has 4 N–H and O–H groups in total. The molecule has 0 radical (unpaired) electrons. The summed E-state index contributed by atoms with van der Waals surface area (Å²) in [5.74, 6) is -0.720. The van der Waals surface area contributed by atoms with E-state index >= 15 is 0 Å². The van der Waals surface area contributed by atoms with Gasteiger partial charge in [-0.05, 0) is 66.6 Å². The van der Waals surface area contributed by atoms with Gasteiger partial charge in [0, 0.05) is 18.6 Å². The average molecular weight is 684 g/mol. The summed E-state index contributed by atoms with van der Waals surface area (Å²) in [7, 11) is 0. The van der Waals surface area contributed by atoms with Crippen LogP contribution in [0.2, 0.25) is 0 Å². The van der Waals surface area contributed by atoms with E-state index < -0.39 is 35.2 Å². The van der Waals surface area contributed by atoms with Crippen molar-refractivity contribution in [2.24, 2.45) is 34.5 Å². The summed E-state index contributed by atoms with van der Waals surface area (Å²) in [6.07, 6.45) is 17.0. The van der Waals surface area contributed by atoms with E-state index in [0.29, 0.717) is 31.8 Å². The molecular weight excluding hydrogens is 618 g/mol. The lowest BCUT2D eigenvalue weighted by atomic mass is 9.77. The first kappa shape index (κ1) is 37.6. The number of hydrogen-bond donors (Lipinski definition) is 4. The molecule has 0 aromatic carbocycles. The molecule has 5 atom stereocenters. The molecule has 10 heteroatoms. The molecule has 5 amide bonds. The van der Waals surface area contributed by atoms with Crippen molar-refractivity contribution in [3.05, 3.63) is 0 Å². The molecule has 49 heavy (non-hydrogen) atoms. The van der Waals surface area contributed by atoms with Gasteiger partial charge in [0.15, 0.2) is 0 Å². The molecule has 0 aromatic rings. The van der Waals surface area contributed by atoms with E-state index in [1.54, 1.807) is 4.90 Å². The third-order valence-corrected chi connectivity index (χ3v) is 12.7. The fourth-order valence-corrected chi connectivity index (χ4v) is 9.39. The number of likely N-dealkylation sites (tertiary alicyclic amines) is 1. The molecule has 0 aromatic heterocycles. The van der Waals surface area contributed by atoms with Crippen LogP contribution in [0, 0.1) is 34.5 Å². The Balaban J connectivity index is 1.28. The van der Waals surface area contributed by atoms with Gasteiger partial charge >= 0.3 is 6.03 Å². The second-order valence-electron chi connectivity index (χ2n) is 18.0. The first-order valence-electron chi connectivity index (χ1n) is 19.7. The molecular formula is C39H65N5O5. The Hall–Kier alpha value is -2.65. The number of ketones is 1. The number of Topliss-reactive ketones (excluding diaryl/α,β-unsaturated/α-hetero) is 1. The maximum atomic E-state index is 14.5. The smallest absolute Gasteiger partial charge is 0.315 e. The van der Waals surface area contributed by atoms with E-state index in [1.807, 2.05) is 27.7 Å². The van der Waals surface area contributed by atoms with Crippen molar-refractivity contribution in [3.63, 3.8) is 0 Å². The number of carbonyl (C=O) groups excluding carboxylic acids is 5. The van der Waals surface area contributed by atoms with E-state index in [1.165, 1.54) is 38.5 Å². The molecule has 5 aliphatic rings. The van der Waals surface area contributed by atoms with E-state index in [9.17, 15) is 24.0 Å². The number of urea groups is 1. The van der Waals surface area contributed by atoms with Gasteiger partial charge in [0.2, 0.25) is 17.6 Å². The van der Waals surface area contributed by atoms with E-state index in [-0.39, 0.29) is 40.6 Å². The molecule has 1 saturated heterocycles. The molecule has 10 nitrogen and oxygen atoms in total. The predicted molar refractivity (Wildman–Crippen MR) is 190 cm³/mol. The van der Waals surface area contributed by atoms with Crippen molar-refractivity contribution in [2.45, 2.75) is 168 Å². The van der Waals surface area contributed by atoms with E-state index in [4.69, 9.17) is 0 Å². The first-order valence-corrected chi connectivity index (χ1v) is 19.7. The third-order valence-electron chi connectivity index (χ3n) is 12.7. The van der Waals surface area contributed by atoms with Gasteiger partial charge in [-0.25, -0.2) is 4.79 Å². The van der Waals surface area contributed by atoms with Gasteiger partial charge in [-0.3, -0.25) is 19.2 Å². The van der Waals surface area contributed by atoms with Gasteiger partial charge in [-0.15, -0.1) is 0 Å². The molecule has 4 unspecified atom stereocenters. The van der Waals surface area contributed by atoms with Gasteiger partial charge in [-0.2, -0.15) is 0 Å². The maximum absolute atomic E-state index is 14.5. The van der Waals surface area contributed by atoms with Crippen molar-refractivity contribution in [1.29, 1.82) is 0 Å². The monoisotopic (exact) mass is 683 g/mol. The van der Waals surface area contributed by atoms with Crippen LogP contribution in [0.5, 0.6) is 0 Å². The van der Waals surface area contributed by atoms with Crippen molar-refractivity contribution in [3.8, 4) is 0 Å². The number of piperidine rings is 1. The molecule has 276 valence electrons. The molecule has 0 bridgehead atoms. The summed E-state index contributed by atoms with van der Waals surface area (Å²) < 4.78 is 0. The second kappa shape index (κ2) is 15.3. The second-order valence-corrected chi connectivity index (χ2v) is 18.0. The fourth-order valence-electron chi connectivity index (χ4n) is 9.39. The summed E-state index contributed by atoms with van der Waals surface area (Å²) in [6, 6.07) is -2.84. The Bertz CT molecular complexity index is 1230. The molecule has 4 aliphatic carbocycles. The third kappa shape index (κ3) is 8.99. The van der Waals surface area contributed by atoms with Crippen LogP contribution >= 0.6 is 0 Å². The van der Waals surface area contributed by atoms with Gasteiger partial charge in [0.05, 0.1) is 6.04 Å². The molecule has 5 fully saturated rings. The number of hydrogen-bond acceptors (Lipinski definition) is 5. The summed E-state index contributed by atoms with van der Waals surface area (Å²) in [6.45, 7) is 12.8. The van der Waals surface area contributed by atoms with Gasteiger partial charge in [0.1, 0.15) is 12.1 Å². The van der Waals surface area contributed by atoms with Crippen LogP contribution in [0.25, 0.3) is 0 Å². The van der Waals surface area contributed by atoms with Gasteiger partial charge < -0.3 is 26.2 Å². The highest BCUT2D eigenvalue weighted by atomic mass is 16.2. The molecule has 5 rings (SSSR count). The maximum Gasteiger partial charge on any atom is 0.315 e. The van der Waals surface area contributed by atoms with Crippen LogP contribution in [-0.4, -0.2) is 71.2 Å². The van der Waals surface area contributed by atoms with Crippen LogP contribution in [0.1, 0.15) is 144 Å². The summed E-state index contributed by atoms with van der Waals surface area (Å²) in [4.78, 5) is 70.0. The SMILES string of the molecule is CCCNC(=O)C(=O)C(CC1CC1)NC(=O)C1C2C(CN1C(=O)[C@@H](NC(=O)NC1(CCCC3CCCC3)CCCCC1)C(C)(C)C)C2(C)C. The number of nitrogens with zero attached hydrogens (tertiary/aromatic N) is 1. The van der Waals surface area contributed by atoms with Crippen LogP contribution < -0.4 is 21.3 Å². The standard InChI is InChI=1S/C39H65N5O5/c1-7-22-40-34(47)31(45)28(23-26-17-18-26)41-33(46)30-29-27(38(29,5)6)24-44(30)35(48)32(37(2,3)4)42-36(49)43-39(19-11-8-12-20-39)21-13-16-25-14-9-10-15-25/h25-30,32H,7-24H2,1-6H3,(H,40,47)(H,41,46)(H2,42,43,49)/t27?,28?,29?,30?,32-/m1/s1. The zero-order valence-corrected chi connectivity index (χ0v) is 31.3. The minimum absolute atomic E-state index is 0.0538. The van der Waals surface area contributed by atoms with Crippen LogP contribution in [0.4, 0.5) is 4.79 Å². The zero-order chi connectivity index (χ0) is 35.6. The lowest BCUT2D eigenvalue weighted by molar-refractivity contribution is -0.145. The number of rotatable bonds is 15. The fraction of sp³-hybridized carbons (Fsp3) is 0.872. The average Bonchev–Trinajstić information content (AvgIpc) is 3.76. The van der Waals surface area contributed by atoms with Gasteiger partial charge in [0.25, 0.3) is 5.91 Å². The van der Waals surface area contributed by atoms with E-state index in [2.05, 4.69) is 35.1 Å². The lowest BCUT2D eigenvalue weighted by Crippen LogP contribution is -2.63. The van der Waals surface area contributed by atoms with Crippen LogP contribution in [-0.2, 0) is 19.2 Å². The topological polar surface area (TPSA) is 137 Å². The molecule has 0 spiro atoms. The van der Waals surface area contributed by atoms with Crippen LogP contribution in [0.3, 0.4) is 0 Å². The van der Waals surface area contributed by atoms with Crippen molar-refractivity contribution in [1.82, 2.24) is 26.2 Å². The Morgan fingerprint density at radius 2 is 1.55 bits per heavy atom. The number of nitrogens with one attached hydrogen (secondary N) is 4. The van der Waals surface area contributed by atoms with Crippen molar-refractivity contribution < 1.29 is 24.0 Å². The normalized spacial score (nSPS) is 27.1.